The van der Waals surface area contributed by atoms with E-state index in [0.29, 0.717) is 6.04 Å². The van der Waals surface area contributed by atoms with Crippen molar-refractivity contribution in [3.05, 3.63) is 18.2 Å². The highest BCUT2D eigenvalue weighted by Crippen LogP contribution is 2.07. The van der Waals surface area contributed by atoms with E-state index in [0.717, 1.165) is 6.54 Å². The maximum Gasteiger partial charge on any atom is 0.253 e. The number of hydrogen-bond acceptors (Lipinski definition) is 1. The van der Waals surface area contributed by atoms with Crippen LogP contribution in [0.25, 0.3) is 0 Å². The lowest BCUT2D eigenvalue weighted by Crippen LogP contribution is -3.00. The Morgan fingerprint density at radius 3 is 2.93 bits per heavy atom. The van der Waals surface area contributed by atoms with Crippen LogP contribution in [0, 0.1) is 6.92 Å². The summed E-state index contributed by atoms with van der Waals surface area (Å²) in [6.07, 6.45) is 6.93. The maximum absolute atomic E-state index is 3.51. The fraction of sp³-hybridized carbons (Fsp3) is 0.700. The van der Waals surface area contributed by atoms with E-state index in [1.54, 1.807) is 0 Å². The fourth-order valence-corrected chi connectivity index (χ4v) is 1.94. The number of aryl methyl sites for hydroxylation is 1. The smallest absolute Gasteiger partial charge is 0.253 e. The number of nitrogens with one attached hydrogen (secondary N) is 1. The molecule has 80 valence electrons. The van der Waals surface area contributed by atoms with E-state index in [1.165, 1.54) is 25.2 Å². The molecule has 14 heavy (non-hydrogen) atoms. The third kappa shape index (κ3) is 2.36. The van der Waals surface area contributed by atoms with Gasteiger partial charge in [-0.2, -0.15) is 0 Å². The van der Waals surface area contributed by atoms with Crippen LogP contribution in [0.3, 0.4) is 0 Å². The summed E-state index contributed by atoms with van der Waals surface area (Å²) in [5.74, 6) is 1.33. The van der Waals surface area contributed by atoms with Crippen molar-refractivity contribution in [1.29, 1.82) is 0 Å². The molecule has 1 aliphatic heterocycles. The van der Waals surface area contributed by atoms with Gasteiger partial charge in [0.1, 0.15) is 18.9 Å². The zero-order chi connectivity index (χ0) is 9.26. The zero-order valence-electron chi connectivity index (χ0n) is 8.83. The van der Waals surface area contributed by atoms with E-state index in [2.05, 4.69) is 40.8 Å². The van der Waals surface area contributed by atoms with Crippen LogP contribution in [0.4, 0.5) is 0 Å². The Balaban J connectivity index is 0.000000980. The fourth-order valence-electron chi connectivity index (χ4n) is 1.94. The summed E-state index contributed by atoms with van der Waals surface area (Å²) >= 11 is 0. The lowest BCUT2D eigenvalue weighted by molar-refractivity contribution is -0.677. The predicted octanol–water partition coefficient (Wildman–Crippen LogP) is -2.62. The molecule has 0 spiro atoms. The lowest BCUT2D eigenvalue weighted by atomic mass is 10.2. The van der Waals surface area contributed by atoms with Crippen molar-refractivity contribution in [2.45, 2.75) is 32.4 Å². The second-order valence-electron chi connectivity index (χ2n) is 3.90. The Labute approximate surface area is 95.9 Å². The van der Waals surface area contributed by atoms with Crippen LogP contribution in [0.1, 0.15) is 18.7 Å². The third-order valence-electron chi connectivity index (χ3n) is 2.98. The first-order valence-corrected chi connectivity index (χ1v) is 5.02. The van der Waals surface area contributed by atoms with Gasteiger partial charge in [0.25, 0.3) is 5.82 Å². The molecule has 3 nitrogen and oxygen atoms in total. The average Bonchev–Trinajstić information content (AvgIpc) is 2.71. The number of imidazole rings is 1. The first-order chi connectivity index (χ1) is 6.27. The SMILES string of the molecule is Cc1n(C[C@@H]2CCCN2)cc[n+]1C.[Br-]. The molecule has 2 heterocycles. The number of hydrogen-bond donors (Lipinski definition) is 1. The summed E-state index contributed by atoms with van der Waals surface area (Å²) in [5.41, 5.74) is 0. The molecule has 4 heteroatoms. The van der Waals surface area contributed by atoms with E-state index in [9.17, 15) is 0 Å². The molecule has 1 saturated heterocycles. The van der Waals surface area contributed by atoms with Crippen molar-refractivity contribution in [2.75, 3.05) is 6.54 Å². The molecule has 0 amide bonds. The second kappa shape index (κ2) is 4.94. The van der Waals surface area contributed by atoms with Gasteiger partial charge in [-0.15, -0.1) is 0 Å². The van der Waals surface area contributed by atoms with Crippen molar-refractivity contribution in [3.8, 4) is 0 Å². The molecule has 0 bridgehead atoms. The molecule has 0 radical (unpaired) electrons. The largest absolute Gasteiger partial charge is 1.00 e. The summed E-state index contributed by atoms with van der Waals surface area (Å²) in [4.78, 5) is 0. The second-order valence-corrected chi connectivity index (χ2v) is 3.90. The van der Waals surface area contributed by atoms with Gasteiger partial charge in [0.15, 0.2) is 0 Å². The molecule has 1 aliphatic rings. The van der Waals surface area contributed by atoms with E-state index < -0.39 is 0 Å². The summed E-state index contributed by atoms with van der Waals surface area (Å²) < 4.78 is 4.48. The van der Waals surface area contributed by atoms with Crippen LogP contribution in [-0.2, 0) is 13.6 Å². The molecule has 1 aromatic rings. The average molecular weight is 260 g/mol. The van der Waals surface area contributed by atoms with Crippen LogP contribution in [0.15, 0.2) is 12.4 Å². The molecule has 1 fully saturated rings. The molecular weight excluding hydrogens is 242 g/mol. The highest BCUT2D eigenvalue weighted by atomic mass is 79.9. The Bertz CT molecular complexity index is 290. The Morgan fingerprint density at radius 2 is 2.43 bits per heavy atom. The molecule has 1 atom stereocenters. The molecule has 1 aromatic heterocycles. The maximum atomic E-state index is 3.51. The number of aromatic nitrogens is 2. The van der Waals surface area contributed by atoms with Crippen LogP contribution >= 0.6 is 0 Å². The van der Waals surface area contributed by atoms with Gasteiger partial charge < -0.3 is 22.3 Å². The standard InChI is InChI=1S/C10H18N3.BrH/c1-9-12(2)6-7-13(9)8-10-4-3-5-11-10;/h6-7,10-11H,3-5,8H2,1-2H3;1H/q+1;/p-1/t10-;/m0./s1. The Kier molecular flexibility index (Phi) is 4.13. The third-order valence-corrected chi connectivity index (χ3v) is 2.98. The quantitative estimate of drug-likeness (QED) is 0.577. The van der Waals surface area contributed by atoms with E-state index in [1.807, 2.05) is 0 Å². The highest BCUT2D eigenvalue weighted by Gasteiger charge is 2.18. The molecule has 2 rings (SSSR count). The summed E-state index contributed by atoms with van der Waals surface area (Å²) in [6, 6.07) is 0.686. The van der Waals surface area contributed by atoms with Crippen LogP contribution < -0.4 is 26.9 Å². The van der Waals surface area contributed by atoms with Crippen molar-refractivity contribution in [3.63, 3.8) is 0 Å². The Morgan fingerprint density at radius 1 is 1.64 bits per heavy atom. The van der Waals surface area contributed by atoms with Crippen molar-refractivity contribution in [1.82, 2.24) is 9.88 Å². The minimum absolute atomic E-state index is 0. The first-order valence-electron chi connectivity index (χ1n) is 5.02. The summed E-state index contributed by atoms with van der Waals surface area (Å²) in [5, 5.41) is 3.51. The van der Waals surface area contributed by atoms with Crippen molar-refractivity contribution >= 4 is 0 Å². The predicted molar refractivity (Wildman–Crippen MR) is 51.4 cm³/mol. The number of nitrogens with zero attached hydrogens (tertiary/aromatic N) is 2. The van der Waals surface area contributed by atoms with Gasteiger partial charge in [0, 0.05) is 13.0 Å². The molecule has 1 N–H and O–H groups in total. The topological polar surface area (TPSA) is 20.8 Å². The molecule has 0 unspecified atom stereocenters. The van der Waals surface area contributed by atoms with Crippen LogP contribution in [-0.4, -0.2) is 17.2 Å². The molecular formula is C10H18BrN3. The van der Waals surface area contributed by atoms with Gasteiger partial charge in [0.05, 0.1) is 7.05 Å². The normalized spacial score (nSPS) is 20.9. The minimum atomic E-state index is 0. The number of halogens is 1. The zero-order valence-corrected chi connectivity index (χ0v) is 10.4. The van der Waals surface area contributed by atoms with Gasteiger partial charge in [-0.3, -0.25) is 0 Å². The van der Waals surface area contributed by atoms with Gasteiger partial charge in [-0.05, 0) is 19.4 Å². The molecule has 0 saturated carbocycles. The first kappa shape index (κ1) is 11.7. The van der Waals surface area contributed by atoms with Gasteiger partial charge >= 0.3 is 0 Å². The monoisotopic (exact) mass is 259 g/mol. The van der Waals surface area contributed by atoms with Crippen LogP contribution in [0.5, 0.6) is 0 Å². The van der Waals surface area contributed by atoms with Crippen molar-refractivity contribution in [2.24, 2.45) is 7.05 Å². The molecule has 0 aromatic carbocycles. The summed E-state index contributed by atoms with van der Waals surface area (Å²) in [6.45, 7) is 4.47. The summed E-state index contributed by atoms with van der Waals surface area (Å²) in [7, 11) is 2.09. The van der Waals surface area contributed by atoms with E-state index >= 15 is 0 Å². The minimum Gasteiger partial charge on any atom is -1.00 e. The van der Waals surface area contributed by atoms with E-state index in [4.69, 9.17) is 0 Å². The lowest BCUT2D eigenvalue weighted by Gasteiger charge is -2.07. The van der Waals surface area contributed by atoms with E-state index in [-0.39, 0.29) is 17.0 Å². The van der Waals surface area contributed by atoms with Gasteiger partial charge in [0.2, 0.25) is 0 Å². The highest BCUT2D eigenvalue weighted by molar-refractivity contribution is 4.84. The Hall–Kier alpha value is -0.350. The van der Waals surface area contributed by atoms with Gasteiger partial charge in [-0.25, -0.2) is 9.13 Å². The van der Waals surface area contributed by atoms with Crippen molar-refractivity contribution < 1.29 is 21.5 Å². The number of rotatable bonds is 2. The molecule has 0 aliphatic carbocycles. The van der Waals surface area contributed by atoms with Crippen LogP contribution in [0.2, 0.25) is 0 Å². The van der Waals surface area contributed by atoms with Gasteiger partial charge in [-0.1, -0.05) is 0 Å².